The summed E-state index contributed by atoms with van der Waals surface area (Å²) in [5.41, 5.74) is -0.749. The number of hydrogen-bond acceptors (Lipinski definition) is 4. The standard InChI is InChI=1S/C20H27NO3/c1-18-7-5-13(22)9-12(18)3-4-14-15(18)6-8-19(2)16(14)10-17(23)20(19,24)11-21/h9,14-17,23-24H,3-8,10H2,1-2H3/t14-,15-,16+,17+,18-,19-,20+/m0/s1. The monoisotopic (exact) mass is 329 g/mol. The molecule has 3 fully saturated rings. The maximum absolute atomic E-state index is 11.8. The smallest absolute Gasteiger partial charge is 0.182 e. The molecule has 0 saturated heterocycles. The van der Waals surface area contributed by atoms with E-state index in [-0.39, 0.29) is 17.1 Å². The van der Waals surface area contributed by atoms with E-state index >= 15 is 0 Å². The molecule has 0 unspecified atom stereocenters. The molecular formula is C20H27NO3. The van der Waals surface area contributed by atoms with Gasteiger partial charge in [0.25, 0.3) is 0 Å². The fourth-order valence-corrected chi connectivity index (χ4v) is 6.78. The zero-order valence-corrected chi connectivity index (χ0v) is 14.6. The molecule has 3 saturated carbocycles. The fraction of sp³-hybridized carbons (Fsp3) is 0.800. The molecule has 4 nitrogen and oxygen atoms in total. The van der Waals surface area contributed by atoms with Gasteiger partial charge < -0.3 is 10.2 Å². The Hall–Kier alpha value is -1.18. The average Bonchev–Trinajstić information content (AvgIpc) is 2.76. The molecule has 4 rings (SSSR count). The van der Waals surface area contributed by atoms with Crippen molar-refractivity contribution in [3.05, 3.63) is 11.6 Å². The van der Waals surface area contributed by atoms with Crippen molar-refractivity contribution in [2.75, 3.05) is 0 Å². The Morgan fingerprint density at radius 3 is 2.67 bits per heavy atom. The van der Waals surface area contributed by atoms with Crippen molar-refractivity contribution in [3.8, 4) is 6.07 Å². The Morgan fingerprint density at radius 2 is 1.96 bits per heavy atom. The predicted molar refractivity (Wildman–Crippen MR) is 88.7 cm³/mol. The molecule has 130 valence electrons. The first-order valence-electron chi connectivity index (χ1n) is 9.32. The van der Waals surface area contributed by atoms with Crippen molar-refractivity contribution < 1.29 is 15.0 Å². The lowest BCUT2D eigenvalue weighted by molar-refractivity contribution is -0.125. The Kier molecular flexibility index (Phi) is 3.34. The Morgan fingerprint density at radius 1 is 1.21 bits per heavy atom. The largest absolute Gasteiger partial charge is 0.389 e. The van der Waals surface area contributed by atoms with Crippen LogP contribution < -0.4 is 0 Å². The summed E-state index contributed by atoms with van der Waals surface area (Å²) in [6.07, 6.45) is 6.72. The molecule has 24 heavy (non-hydrogen) atoms. The normalized spacial score (nSPS) is 53.5. The van der Waals surface area contributed by atoms with Crippen LogP contribution in [0, 0.1) is 39.9 Å². The second-order valence-corrected chi connectivity index (χ2v) is 9.05. The first-order valence-corrected chi connectivity index (χ1v) is 9.32. The van der Waals surface area contributed by atoms with Crippen LogP contribution in [0.25, 0.3) is 0 Å². The molecule has 0 aromatic rings. The van der Waals surface area contributed by atoms with Gasteiger partial charge in [0, 0.05) is 11.8 Å². The maximum Gasteiger partial charge on any atom is 0.182 e. The first kappa shape index (κ1) is 16.3. The average molecular weight is 329 g/mol. The highest BCUT2D eigenvalue weighted by Crippen LogP contribution is 2.67. The van der Waals surface area contributed by atoms with Gasteiger partial charge in [-0.1, -0.05) is 19.4 Å². The molecule has 0 heterocycles. The number of fused-ring (bicyclic) bond motifs is 5. The van der Waals surface area contributed by atoms with Gasteiger partial charge in [-0.2, -0.15) is 5.26 Å². The highest BCUT2D eigenvalue weighted by Gasteiger charge is 2.67. The fourth-order valence-electron chi connectivity index (χ4n) is 6.78. The molecule has 4 aliphatic carbocycles. The van der Waals surface area contributed by atoms with E-state index in [1.54, 1.807) is 0 Å². The van der Waals surface area contributed by atoms with E-state index in [0.29, 0.717) is 24.7 Å². The number of nitriles is 1. The number of hydrogen-bond donors (Lipinski definition) is 2. The molecular weight excluding hydrogens is 302 g/mol. The predicted octanol–water partition coefficient (Wildman–Crippen LogP) is 2.74. The number of ketones is 1. The molecule has 0 spiro atoms. The minimum atomic E-state index is -1.62. The van der Waals surface area contributed by atoms with Crippen LogP contribution in [-0.2, 0) is 4.79 Å². The molecule has 0 bridgehead atoms. The van der Waals surface area contributed by atoms with Crippen LogP contribution in [0.5, 0.6) is 0 Å². The van der Waals surface area contributed by atoms with Gasteiger partial charge in [0.15, 0.2) is 11.4 Å². The summed E-state index contributed by atoms with van der Waals surface area (Å²) in [5, 5.41) is 30.9. The van der Waals surface area contributed by atoms with Crippen LogP contribution in [0.1, 0.15) is 58.8 Å². The van der Waals surface area contributed by atoms with Gasteiger partial charge in [0.2, 0.25) is 0 Å². The van der Waals surface area contributed by atoms with E-state index in [4.69, 9.17) is 0 Å². The van der Waals surface area contributed by atoms with E-state index in [9.17, 15) is 20.3 Å². The quantitative estimate of drug-likeness (QED) is 0.670. The lowest BCUT2D eigenvalue weighted by Crippen LogP contribution is -2.56. The number of aliphatic hydroxyl groups excluding tert-OH is 1. The zero-order chi connectivity index (χ0) is 17.3. The highest BCUT2D eigenvalue weighted by molar-refractivity contribution is 5.91. The zero-order valence-electron chi connectivity index (χ0n) is 14.6. The third-order valence-electron chi connectivity index (χ3n) is 8.35. The molecule has 0 aromatic carbocycles. The van der Waals surface area contributed by atoms with Gasteiger partial charge in [-0.3, -0.25) is 4.79 Å². The van der Waals surface area contributed by atoms with Crippen molar-refractivity contribution >= 4 is 5.78 Å². The van der Waals surface area contributed by atoms with Crippen molar-refractivity contribution in [1.82, 2.24) is 0 Å². The highest BCUT2D eigenvalue weighted by atomic mass is 16.3. The Labute approximate surface area is 143 Å². The Balaban J connectivity index is 1.72. The van der Waals surface area contributed by atoms with Gasteiger partial charge in [0.1, 0.15) is 6.07 Å². The summed E-state index contributed by atoms with van der Waals surface area (Å²) in [4.78, 5) is 11.8. The van der Waals surface area contributed by atoms with Crippen LogP contribution in [0.15, 0.2) is 11.6 Å². The molecule has 0 amide bonds. The number of rotatable bonds is 0. The Bertz CT molecular complexity index is 664. The van der Waals surface area contributed by atoms with Crippen molar-refractivity contribution in [3.63, 3.8) is 0 Å². The topological polar surface area (TPSA) is 81.3 Å². The molecule has 0 aliphatic heterocycles. The maximum atomic E-state index is 11.8. The lowest BCUT2D eigenvalue weighted by atomic mass is 9.46. The van der Waals surface area contributed by atoms with Crippen LogP contribution in [-0.4, -0.2) is 27.7 Å². The van der Waals surface area contributed by atoms with Gasteiger partial charge in [-0.25, -0.2) is 0 Å². The molecule has 4 aliphatic rings. The summed E-state index contributed by atoms with van der Waals surface area (Å²) < 4.78 is 0. The molecule has 7 atom stereocenters. The van der Waals surface area contributed by atoms with E-state index in [0.717, 1.165) is 32.1 Å². The number of aliphatic hydroxyl groups is 2. The van der Waals surface area contributed by atoms with Crippen LogP contribution >= 0.6 is 0 Å². The number of carbonyl (C=O) groups excluding carboxylic acids is 1. The van der Waals surface area contributed by atoms with Crippen LogP contribution in [0.2, 0.25) is 0 Å². The summed E-state index contributed by atoms with van der Waals surface area (Å²) in [6, 6.07) is 2.05. The lowest BCUT2D eigenvalue weighted by Gasteiger charge is -2.58. The second-order valence-electron chi connectivity index (χ2n) is 9.05. The van der Waals surface area contributed by atoms with Crippen LogP contribution in [0.3, 0.4) is 0 Å². The number of carbonyl (C=O) groups is 1. The van der Waals surface area contributed by atoms with E-state index in [2.05, 4.69) is 6.92 Å². The third-order valence-corrected chi connectivity index (χ3v) is 8.35. The summed E-state index contributed by atoms with van der Waals surface area (Å²) in [6.45, 7) is 4.32. The molecule has 2 N–H and O–H groups in total. The molecule has 4 heteroatoms. The summed E-state index contributed by atoms with van der Waals surface area (Å²) in [7, 11) is 0. The SMILES string of the molecule is C[C@]12CCC(=O)C=C1CC[C@@H]1[C@H]3C[C@@H](O)[C@](O)(C#N)[C@@]3(C)CC[C@@H]12. The minimum absolute atomic E-state index is 0.0798. The summed E-state index contributed by atoms with van der Waals surface area (Å²) >= 11 is 0. The molecule has 0 radical (unpaired) electrons. The second kappa shape index (κ2) is 4.93. The van der Waals surface area contributed by atoms with Crippen molar-refractivity contribution in [1.29, 1.82) is 5.26 Å². The van der Waals surface area contributed by atoms with Gasteiger partial charge in [0.05, 0.1) is 6.10 Å². The van der Waals surface area contributed by atoms with Gasteiger partial charge in [-0.05, 0) is 67.8 Å². The van der Waals surface area contributed by atoms with E-state index in [1.807, 2.05) is 19.1 Å². The number of allylic oxidation sites excluding steroid dienone is 1. The van der Waals surface area contributed by atoms with E-state index < -0.39 is 17.1 Å². The van der Waals surface area contributed by atoms with E-state index in [1.165, 1.54) is 5.57 Å². The summed E-state index contributed by atoms with van der Waals surface area (Å²) in [5.74, 6) is 1.37. The minimum Gasteiger partial charge on any atom is -0.389 e. The van der Waals surface area contributed by atoms with Gasteiger partial charge >= 0.3 is 0 Å². The molecule has 0 aromatic heterocycles. The van der Waals surface area contributed by atoms with Crippen molar-refractivity contribution in [2.45, 2.75) is 70.5 Å². The third kappa shape index (κ3) is 1.78. The first-order chi connectivity index (χ1) is 11.3. The van der Waals surface area contributed by atoms with Gasteiger partial charge in [-0.15, -0.1) is 0 Å². The number of nitrogens with zero attached hydrogens (tertiary/aromatic N) is 1. The van der Waals surface area contributed by atoms with Crippen molar-refractivity contribution in [2.24, 2.45) is 28.6 Å². The van der Waals surface area contributed by atoms with Crippen LogP contribution in [0.4, 0.5) is 0 Å².